The smallest absolute Gasteiger partial charge is 0.239 e. The molecular formula is C10H15FN2O. The van der Waals surface area contributed by atoms with Crippen molar-refractivity contribution in [1.29, 1.82) is 0 Å². The van der Waals surface area contributed by atoms with E-state index in [2.05, 4.69) is 0 Å². The lowest BCUT2D eigenvalue weighted by Crippen LogP contribution is -2.43. The maximum Gasteiger partial charge on any atom is 0.239 e. The van der Waals surface area contributed by atoms with Gasteiger partial charge in [0.25, 0.3) is 0 Å². The van der Waals surface area contributed by atoms with Crippen molar-refractivity contribution in [3.63, 3.8) is 0 Å². The summed E-state index contributed by atoms with van der Waals surface area (Å²) in [5.41, 5.74) is 0. The largest absolute Gasteiger partial charge is 0.344 e. The quantitative estimate of drug-likeness (QED) is 0.621. The Morgan fingerprint density at radius 2 is 2.29 bits per heavy atom. The second-order valence-electron chi connectivity index (χ2n) is 3.97. The lowest BCUT2D eigenvalue weighted by atomic mass is 10.1. The van der Waals surface area contributed by atoms with Gasteiger partial charge >= 0.3 is 0 Å². The zero-order valence-corrected chi connectivity index (χ0v) is 8.37. The molecule has 0 N–H and O–H groups in total. The van der Waals surface area contributed by atoms with Crippen LogP contribution in [-0.2, 0) is 4.79 Å². The van der Waals surface area contributed by atoms with Gasteiger partial charge in [-0.15, -0.1) is 0 Å². The fourth-order valence-electron chi connectivity index (χ4n) is 2.13. The SMILES string of the molecule is CN1CC[C@@H](N2CCC=C(F)C2)C1=O. The maximum absolute atomic E-state index is 13.0. The van der Waals surface area contributed by atoms with E-state index in [1.165, 1.54) is 0 Å². The fourth-order valence-corrected chi connectivity index (χ4v) is 2.13. The zero-order valence-electron chi connectivity index (χ0n) is 8.37. The number of nitrogens with zero attached hydrogens (tertiary/aromatic N) is 2. The monoisotopic (exact) mass is 198 g/mol. The van der Waals surface area contributed by atoms with E-state index in [0.29, 0.717) is 6.54 Å². The van der Waals surface area contributed by atoms with Crippen molar-refractivity contribution in [3.05, 3.63) is 11.9 Å². The van der Waals surface area contributed by atoms with Crippen molar-refractivity contribution in [3.8, 4) is 0 Å². The van der Waals surface area contributed by atoms with Crippen LogP contribution in [0.4, 0.5) is 4.39 Å². The van der Waals surface area contributed by atoms with Crippen LogP contribution in [0.3, 0.4) is 0 Å². The average molecular weight is 198 g/mol. The molecule has 1 fully saturated rings. The van der Waals surface area contributed by atoms with Crippen LogP contribution >= 0.6 is 0 Å². The van der Waals surface area contributed by atoms with Gasteiger partial charge in [0.1, 0.15) is 5.83 Å². The topological polar surface area (TPSA) is 23.6 Å². The third kappa shape index (κ3) is 1.66. The van der Waals surface area contributed by atoms with Gasteiger partial charge in [-0.3, -0.25) is 9.69 Å². The lowest BCUT2D eigenvalue weighted by Gasteiger charge is -2.28. The van der Waals surface area contributed by atoms with Crippen LogP contribution in [0.2, 0.25) is 0 Å². The zero-order chi connectivity index (χ0) is 10.1. The highest BCUT2D eigenvalue weighted by Gasteiger charge is 2.34. The number of carbonyl (C=O) groups is 1. The second kappa shape index (κ2) is 3.69. The van der Waals surface area contributed by atoms with Gasteiger partial charge in [-0.25, -0.2) is 4.39 Å². The summed E-state index contributed by atoms with van der Waals surface area (Å²) in [5, 5.41) is 0. The van der Waals surface area contributed by atoms with Gasteiger partial charge in [-0.2, -0.15) is 0 Å². The van der Waals surface area contributed by atoms with Gasteiger partial charge in [0.05, 0.1) is 12.6 Å². The number of likely N-dealkylation sites (tertiary alicyclic amines) is 1. The van der Waals surface area contributed by atoms with Crippen LogP contribution in [0, 0.1) is 0 Å². The Morgan fingerprint density at radius 3 is 2.86 bits per heavy atom. The molecule has 0 saturated carbocycles. The highest BCUT2D eigenvalue weighted by atomic mass is 19.1. The molecule has 1 atom stereocenters. The van der Waals surface area contributed by atoms with Crippen molar-refractivity contribution in [2.75, 3.05) is 26.7 Å². The molecule has 1 saturated heterocycles. The Hall–Kier alpha value is -0.900. The van der Waals surface area contributed by atoms with Crippen LogP contribution in [0.15, 0.2) is 11.9 Å². The van der Waals surface area contributed by atoms with Crippen LogP contribution < -0.4 is 0 Å². The first kappa shape index (κ1) is 9.65. The summed E-state index contributed by atoms with van der Waals surface area (Å²) in [5.74, 6) is 0.0401. The van der Waals surface area contributed by atoms with E-state index < -0.39 is 0 Å². The van der Waals surface area contributed by atoms with Crippen molar-refractivity contribution in [1.82, 2.24) is 9.80 Å². The molecule has 0 radical (unpaired) electrons. The molecular weight excluding hydrogens is 183 g/mol. The van der Waals surface area contributed by atoms with Gasteiger partial charge in [0, 0.05) is 20.1 Å². The Bertz CT molecular complexity index is 277. The number of likely N-dealkylation sites (N-methyl/N-ethyl adjacent to an activating group) is 1. The van der Waals surface area contributed by atoms with E-state index in [1.54, 1.807) is 18.0 Å². The molecule has 2 aliphatic rings. The van der Waals surface area contributed by atoms with Crippen LogP contribution in [0.25, 0.3) is 0 Å². The number of hydrogen-bond acceptors (Lipinski definition) is 2. The van der Waals surface area contributed by atoms with Gasteiger partial charge in [0.15, 0.2) is 0 Å². The Morgan fingerprint density at radius 1 is 1.50 bits per heavy atom. The van der Waals surface area contributed by atoms with E-state index >= 15 is 0 Å². The van der Waals surface area contributed by atoms with E-state index in [9.17, 15) is 9.18 Å². The molecule has 0 aliphatic carbocycles. The first-order valence-electron chi connectivity index (χ1n) is 5.02. The van der Waals surface area contributed by atoms with Gasteiger partial charge < -0.3 is 4.90 Å². The van der Waals surface area contributed by atoms with E-state index in [-0.39, 0.29) is 17.8 Å². The van der Waals surface area contributed by atoms with E-state index in [0.717, 1.165) is 25.9 Å². The molecule has 0 aromatic heterocycles. The van der Waals surface area contributed by atoms with Crippen LogP contribution in [0.5, 0.6) is 0 Å². The first-order chi connectivity index (χ1) is 6.68. The second-order valence-corrected chi connectivity index (χ2v) is 3.97. The minimum atomic E-state index is -0.0985. The van der Waals surface area contributed by atoms with Crippen molar-refractivity contribution in [2.24, 2.45) is 0 Å². The van der Waals surface area contributed by atoms with E-state index in [1.807, 2.05) is 4.90 Å². The summed E-state index contributed by atoms with van der Waals surface area (Å²) in [6.07, 6.45) is 3.17. The molecule has 2 aliphatic heterocycles. The lowest BCUT2D eigenvalue weighted by molar-refractivity contribution is -0.131. The van der Waals surface area contributed by atoms with Gasteiger partial charge in [-0.1, -0.05) is 6.08 Å². The molecule has 1 amide bonds. The molecule has 0 aromatic carbocycles. The number of rotatable bonds is 1. The third-order valence-electron chi connectivity index (χ3n) is 2.98. The van der Waals surface area contributed by atoms with Gasteiger partial charge in [0.2, 0.25) is 5.91 Å². The highest BCUT2D eigenvalue weighted by Crippen LogP contribution is 2.20. The standard InChI is InChI=1S/C10H15FN2O/c1-12-6-4-9(10(12)14)13-5-2-3-8(11)7-13/h3,9H,2,4-7H2,1H3/t9-/m1/s1. The molecule has 2 rings (SSSR count). The van der Waals surface area contributed by atoms with Crippen molar-refractivity contribution < 1.29 is 9.18 Å². The molecule has 3 nitrogen and oxygen atoms in total. The number of carbonyl (C=O) groups excluding carboxylic acids is 1. The summed E-state index contributed by atoms with van der Waals surface area (Å²) >= 11 is 0. The minimum absolute atomic E-state index is 0.0838. The summed E-state index contributed by atoms with van der Waals surface area (Å²) in [6.45, 7) is 1.91. The Kier molecular flexibility index (Phi) is 2.54. The highest BCUT2D eigenvalue weighted by molar-refractivity contribution is 5.83. The number of halogens is 1. The normalized spacial score (nSPS) is 29.6. The number of hydrogen-bond donors (Lipinski definition) is 0. The summed E-state index contributed by atoms with van der Waals surface area (Å²) in [7, 11) is 1.80. The predicted octanol–water partition coefficient (Wildman–Crippen LogP) is 0.776. The molecule has 0 aromatic rings. The molecule has 0 spiro atoms. The Balaban J connectivity index is 2.02. The molecule has 14 heavy (non-hydrogen) atoms. The molecule has 0 bridgehead atoms. The van der Waals surface area contributed by atoms with Gasteiger partial charge in [-0.05, 0) is 12.8 Å². The molecule has 4 heteroatoms. The minimum Gasteiger partial charge on any atom is -0.344 e. The Labute approximate surface area is 83.2 Å². The van der Waals surface area contributed by atoms with Crippen LogP contribution in [0.1, 0.15) is 12.8 Å². The average Bonchev–Trinajstić information content (AvgIpc) is 2.48. The summed E-state index contributed by atoms with van der Waals surface area (Å²) < 4.78 is 13.0. The summed E-state index contributed by atoms with van der Waals surface area (Å²) in [4.78, 5) is 15.3. The van der Waals surface area contributed by atoms with E-state index in [4.69, 9.17) is 0 Å². The van der Waals surface area contributed by atoms with Crippen molar-refractivity contribution >= 4 is 5.91 Å². The van der Waals surface area contributed by atoms with Crippen molar-refractivity contribution in [2.45, 2.75) is 18.9 Å². The molecule has 78 valence electrons. The maximum atomic E-state index is 13.0. The molecule has 0 unspecified atom stereocenters. The van der Waals surface area contributed by atoms with Crippen LogP contribution in [-0.4, -0.2) is 48.4 Å². The predicted molar refractivity (Wildman–Crippen MR) is 51.4 cm³/mol. The summed E-state index contributed by atoms with van der Waals surface area (Å²) in [6, 6.07) is -0.0838. The number of amides is 1. The first-order valence-corrected chi connectivity index (χ1v) is 5.02. The third-order valence-corrected chi connectivity index (χ3v) is 2.98. The molecule has 2 heterocycles. The fraction of sp³-hybridized carbons (Fsp3) is 0.700.